The molecule has 1 N–H and O–H groups in total. The minimum absolute atomic E-state index is 0.0549. The zero-order chi connectivity index (χ0) is 19.2. The molecule has 1 amide bonds. The van der Waals surface area contributed by atoms with Crippen LogP contribution in [0, 0.1) is 5.82 Å². The van der Waals surface area contributed by atoms with Crippen LogP contribution in [0.4, 0.5) is 4.39 Å². The summed E-state index contributed by atoms with van der Waals surface area (Å²) >= 11 is 0. The Morgan fingerprint density at radius 3 is 2.56 bits per heavy atom. The molecule has 0 fully saturated rings. The highest BCUT2D eigenvalue weighted by atomic mass is 32.2. The molecule has 5 nitrogen and oxygen atoms in total. The van der Waals surface area contributed by atoms with E-state index < -0.39 is 16.7 Å². The lowest BCUT2D eigenvalue weighted by atomic mass is 10.2. The number of amides is 1. The van der Waals surface area contributed by atoms with Gasteiger partial charge in [0.15, 0.2) is 5.76 Å². The third kappa shape index (κ3) is 4.83. The maximum atomic E-state index is 13.6. The number of furan rings is 1. The fraction of sp³-hybridized carbons (Fsp3) is 0.150. The Morgan fingerprint density at radius 2 is 1.85 bits per heavy atom. The largest absolute Gasteiger partial charge is 0.497 e. The molecule has 2 aromatic carbocycles. The van der Waals surface area contributed by atoms with Gasteiger partial charge in [-0.2, -0.15) is 0 Å². The van der Waals surface area contributed by atoms with E-state index in [1.54, 1.807) is 55.6 Å². The summed E-state index contributed by atoms with van der Waals surface area (Å²) in [6.07, 6.45) is 0. The smallest absolute Gasteiger partial charge is 0.287 e. The SMILES string of the molecule is COc1ccc(S(=O)Cc2ccc(C(=O)NCc3ccccc3F)o2)cc1. The van der Waals surface area contributed by atoms with Crippen LogP contribution < -0.4 is 10.1 Å². The second-order valence-electron chi connectivity index (χ2n) is 5.71. The van der Waals surface area contributed by atoms with E-state index in [2.05, 4.69) is 5.32 Å². The topological polar surface area (TPSA) is 68.5 Å². The van der Waals surface area contributed by atoms with Crippen LogP contribution in [-0.4, -0.2) is 17.2 Å². The van der Waals surface area contributed by atoms with E-state index in [1.165, 1.54) is 12.1 Å². The van der Waals surface area contributed by atoms with Crippen LogP contribution in [0.1, 0.15) is 21.9 Å². The lowest BCUT2D eigenvalue weighted by molar-refractivity contribution is 0.0921. The van der Waals surface area contributed by atoms with Crippen LogP contribution in [-0.2, 0) is 23.1 Å². The van der Waals surface area contributed by atoms with Crippen molar-refractivity contribution in [2.75, 3.05) is 7.11 Å². The molecule has 1 aromatic heterocycles. The molecule has 0 saturated carbocycles. The van der Waals surface area contributed by atoms with Crippen LogP contribution >= 0.6 is 0 Å². The normalized spacial score (nSPS) is 11.8. The number of halogens is 1. The number of carbonyl (C=O) groups is 1. The van der Waals surface area contributed by atoms with Gasteiger partial charge >= 0.3 is 0 Å². The molecule has 27 heavy (non-hydrogen) atoms. The number of rotatable bonds is 7. The van der Waals surface area contributed by atoms with Gasteiger partial charge in [-0.05, 0) is 42.5 Å². The summed E-state index contributed by atoms with van der Waals surface area (Å²) in [5.41, 5.74) is 0.387. The molecule has 0 aliphatic carbocycles. The molecule has 7 heteroatoms. The average molecular weight is 387 g/mol. The van der Waals surface area contributed by atoms with Gasteiger partial charge in [0, 0.05) is 17.0 Å². The van der Waals surface area contributed by atoms with Gasteiger partial charge in [-0.3, -0.25) is 9.00 Å². The first-order valence-corrected chi connectivity index (χ1v) is 9.51. The second-order valence-corrected chi connectivity index (χ2v) is 7.16. The summed E-state index contributed by atoms with van der Waals surface area (Å²) in [5, 5.41) is 2.60. The van der Waals surface area contributed by atoms with Crippen molar-refractivity contribution in [1.29, 1.82) is 0 Å². The number of ether oxygens (including phenoxy) is 1. The highest BCUT2D eigenvalue weighted by molar-refractivity contribution is 7.84. The molecule has 140 valence electrons. The van der Waals surface area contributed by atoms with E-state index in [4.69, 9.17) is 9.15 Å². The Balaban J connectivity index is 1.59. The van der Waals surface area contributed by atoms with Gasteiger partial charge in [0.1, 0.15) is 17.3 Å². The van der Waals surface area contributed by atoms with Gasteiger partial charge in [-0.15, -0.1) is 0 Å². The van der Waals surface area contributed by atoms with Crippen molar-refractivity contribution < 1.29 is 22.5 Å². The quantitative estimate of drug-likeness (QED) is 0.672. The second kappa shape index (κ2) is 8.64. The number of benzene rings is 2. The molecule has 1 atom stereocenters. The van der Waals surface area contributed by atoms with Crippen LogP contribution in [0.3, 0.4) is 0 Å². The summed E-state index contributed by atoms with van der Waals surface area (Å²) < 4.78 is 36.5. The van der Waals surface area contributed by atoms with Crippen molar-refractivity contribution in [2.24, 2.45) is 0 Å². The minimum Gasteiger partial charge on any atom is -0.497 e. The Labute approximate surface area is 158 Å². The molecule has 1 unspecified atom stereocenters. The van der Waals surface area contributed by atoms with Gasteiger partial charge in [0.25, 0.3) is 5.91 Å². The summed E-state index contributed by atoms with van der Waals surface area (Å²) in [7, 11) is 0.251. The molecule has 1 heterocycles. The number of nitrogens with one attached hydrogen (secondary N) is 1. The number of methoxy groups -OCH3 is 1. The van der Waals surface area contributed by atoms with Crippen LogP contribution in [0.25, 0.3) is 0 Å². The van der Waals surface area contributed by atoms with Gasteiger partial charge in [0.2, 0.25) is 0 Å². The van der Waals surface area contributed by atoms with Crippen LogP contribution in [0.5, 0.6) is 5.75 Å². The Hall–Kier alpha value is -2.93. The van der Waals surface area contributed by atoms with Crippen molar-refractivity contribution in [3.63, 3.8) is 0 Å². The zero-order valence-electron chi connectivity index (χ0n) is 14.6. The summed E-state index contributed by atoms with van der Waals surface area (Å²) in [5.74, 6) is 0.510. The van der Waals surface area contributed by atoms with Gasteiger partial charge in [-0.25, -0.2) is 4.39 Å². The molecule has 0 spiro atoms. The Morgan fingerprint density at radius 1 is 1.11 bits per heavy atom. The average Bonchev–Trinajstić information content (AvgIpc) is 3.15. The summed E-state index contributed by atoms with van der Waals surface area (Å²) in [4.78, 5) is 12.8. The number of hydrogen-bond donors (Lipinski definition) is 1. The monoisotopic (exact) mass is 387 g/mol. The van der Waals surface area contributed by atoms with Gasteiger partial charge < -0.3 is 14.5 Å². The van der Waals surface area contributed by atoms with Crippen molar-refractivity contribution in [3.05, 3.63) is 83.6 Å². The highest BCUT2D eigenvalue weighted by Gasteiger charge is 2.14. The van der Waals surface area contributed by atoms with Crippen LogP contribution in [0.2, 0.25) is 0 Å². The van der Waals surface area contributed by atoms with Crippen molar-refractivity contribution in [1.82, 2.24) is 5.32 Å². The third-order valence-electron chi connectivity index (χ3n) is 3.88. The van der Waals surface area contributed by atoms with Crippen LogP contribution in [0.15, 0.2) is 70.0 Å². The first kappa shape index (κ1) is 18.8. The highest BCUT2D eigenvalue weighted by Crippen LogP contribution is 2.18. The molecule has 3 aromatic rings. The first-order valence-electron chi connectivity index (χ1n) is 8.19. The molecule has 0 saturated heterocycles. The number of carbonyl (C=O) groups excluding carboxylic acids is 1. The molecule has 0 bridgehead atoms. The maximum absolute atomic E-state index is 13.6. The summed E-state index contributed by atoms with van der Waals surface area (Å²) in [6.45, 7) is 0.0549. The molecule has 3 rings (SSSR count). The number of hydrogen-bond acceptors (Lipinski definition) is 4. The zero-order valence-corrected chi connectivity index (χ0v) is 15.4. The van der Waals surface area contributed by atoms with E-state index in [0.29, 0.717) is 22.0 Å². The minimum atomic E-state index is -1.31. The third-order valence-corrected chi connectivity index (χ3v) is 5.22. The van der Waals surface area contributed by atoms with E-state index in [0.717, 1.165) is 0 Å². The lowest BCUT2D eigenvalue weighted by Gasteiger charge is -2.05. The molecular formula is C20H18FNO4S. The standard InChI is InChI=1S/C20H18FNO4S/c1-25-15-6-9-17(10-7-15)27(24)13-16-8-11-19(26-16)20(23)22-12-14-4-2-3-5-18(14)21/h2-11H,12-13H2,1H3,(H,22,23). The molecule has 0 radical (unpaired) electrons. The molecule has 0 aliphatic heterocycles. The maximum Gasteiger partial charge on any atom is 0.287 e. The Kier molecular flexibility index (Phi) is 6.03. The van der Waals surface area contributed by atoms with Crippen molar-refractivity contribution in [3.8, 4) is 5.75 Å². The fourth-order valence-corrected chi connectivity index (χ4v) is 3.44. The summed E-state index contributed by atoms with van der Waals surface area (Å²) in [6, 6.07) is 16.2. The van der Waals surface area contributed by atoms with E-state index in [-0.39, 0.29) is 23.9 Å². The first-order chi connectivity index (χ1) is 13.1. The predicted octanol–water partition coefficient (Wildman–Crippen LogP) is 3.67. The fourth-order valence-electron chi connectivity index (χ4n) is 2.42. The van der Waals surface area contributed by atoms with E-state index >= 15 is 0 Å². The van der Waals surface area contributed by atoms with Crippen molar-refractivity contribution >= 4 is 16.7 Å². The van der Waals surface area contributed by atoms with Gasteiger partial charge in [0.05, 0.1) is 23.7 Å². The Bertz CT molecular complexity index is 953. The van der Waals surface area contributed by atoms with E-state index in [1.807, 2.05) is 0 Å². The predicted molar refractivity (Wildman–Crippen MR) is 99.4 cm³/mol. The van der Waals surface area contributed by atoms with Gasteiger partial charge in [-0.1, -0.05) is 18.2 Å². The van der Waals surface area contributed by atoms with Crippen molar-refractivity contribution in [2.45, 2.75) is 17.2 Å². The van der Waals surface area contributed by atoms with E-state index in [9.17, 15) is 13.4 Å². The molecule has 0 aliphatic rings. The lowest BCUT2D eigenvalue weighted by Crippen LogP contribution is -2.22. The molecular weight excluding hydrogens is 369 g/mol.